The van der Waals surface area contributed by atoms with Crippen LogP contribution in [-0.2, 0) is 16.2 Å². The van der Waals surface area contributed by atoms with Gasteiger partial charge in [0.1, 0.15) is 5.60 Å². The van der Waals surface area contributed by atoms with E-state index in [1.807, 2.05) is 17.1 Å². The average Bonchev–Trinajstić information content (AvgIpc) is 3.43. The van der Waals surface area contributed by atoms with Crippen molar-refractivity contribution in [1.82, 2.24) is 20.1 Å². The molecular formula is C26H36N6O2. The minimum Gasteiger partial charge on any atom is -0.389 e. The van der Waals surface area contributed by atoms with Gasteiger partial charge in [-0.3, -0.25) is 4.79 Å². The fourth-order valence-electron chi connectivity index (χ4n) is 5.97. The summed E-state index contributed by atoms with van der Waals surface area (Å²) in [7, 11) is 0. The maximum atomic E-state index is 12.5. The molecule has 0 unspecified atom stereocenters. The first-order chi connectivity index (χ1) is 16.6. The van der Waals surface area contributed by atoms with E-state index >= 15 is 0 Å². The van der Waals surface area contributed by atoms with Crippen molar-refractivity contribution < 1.29 is 9.63 Å². The lowest BCUT2D eigenvalue weighted by atomic mass is 9.75. The lowest BCUT2D eigenvalue weighted by molar-refractivity contribution is -0.129. The Hall–Kier alpha value is -2.64. The molecule has 3 fully saturated rings. The fourth-order valence-corrected chi connectivity index (χ4v) is 5.97. The Morgan fingerprint density at radius 1 is 1.09 bits per heavy atom. The summed E-state index contributed by atoms with van der Waals surface area (Å²) < 4.78 is 1.95. The minimum absolute atomic E-state index is 0.111. The summed E-state index contributed by atoms with van der Waals surface area (Å²) in [5, 5.41) is 17.3. The Labute approximate surface area is 200 Å². The Morgan fingerprint density at radius 2 is 1.88 bits per heavy atom. The molecule has 34 heavy (non-hydrogen) atoms. The van der Waals surface area contributed by atoms with Gasteiger partial charge in [0.05, 0.1) is 23.0 Å². The normalized spacial score (nSPS) is 27.6. The van der Waals surface area contributed by atoms with Crippen molar-refractivity contribution in [1.29, 1.82) is 0 Å². The van der Waals surface area contributed by atoms with Gasteiger partial charge in [0.15, 0.2) is 5.65 Å². The zero-order chi connectivity index (χ0) is 23.1. The number of aromatic nitrogens is 3. The molecule has 3 aliphatic carbocycles. The predicted octanol–water partition coefficient (Wildman–Crippen LogP) is 4.53. The molecule has 0 radical (unpaired) electrons. The van der Waals surface area contributed by atoms with E-state index in [9.17, 15) is 4.79 Å². The van der Waals surface area contributed by atoms with Gasteiger partial charge in [-0.05, 0) is 58.3 Å². The van der Waals surface area contributed by atoms with Crippen LogP contribution in [0, 0.1) is 5.92 Å². The van der Waals surface area contributed by atoms with Crippen molar-refractivity contribution in [3.8, 4) is 0 Å². The summed E-state index contributed by atoms with van der Waals surface area (Å²) in [5.74, 6) is 0.346. The Balaban J connectivity index is 1.21. The molecular weight excluding hydrogens is 428 g/mol. The van der Waals surface area contributed by atoms with Crippen molar-refractivity contribution in [3.63, 3.8) is 0 Å². The first-order valence-corrected chi connectivity index (χ1v) is 13.3. The highest BCUT2D eigenvalue weighted by molar-refractivity contribution is 6.10. The summed E-state index contributed by atoms with van der Waals surface area (Å²) in [4.78, 5) is 23.4. The molecule has 6 rings (SSSR count). The standard InChI is InChI=1S/C26H36N6O2/c1-2-32-24-21(16-28-32)23(29-18-6-4-3-5-7-18)20(15-27-24)22-14-26(34-31-22)12-10-17(11-13-26)25(33)30-19-8-9-19/h15-19H,2-14H2,1H3,(H,27,29)(H,30,33). The molecule has 3 saturated carbocycles. The number of aryl methyl sites for hydroxylation is 1. The van der Waals surface area contributed by atoms with Gasteiger partial charge in [-0.25, -0.2) is 9.67 Å². The summed E-state index contributed by atoms with van der Waals surface area (Å²) in [6.07, 6.45) is 16.7. The van der Waals surface area contributed by atoms with E-state index in [2.05, 4.69) is 27.8 Å². The molecule has 0 aromatic carbocycles. The predicted molar refractivity (Wildman–Crippen MR) is 132 cm³/mol. The second-order valence-corrected chi connectivity index (χ2v) is 10.8. The van der Waals surface area contributed by atoms with Crippen LogP contribution in [0.5, 0.6) is 0 Å². The molecule has 1 spiro atoms. The number of carbonyl (C=O) groups excluding carboxylic acids is 1. The molecule has 2 aromatic rings. The number of carbonyl (C=O) groups is 1. The second-order valence-electron chi connectivity index (χ2n) is 10.8. The van der Waals surface area contributed by atoms with E-state index in [4.69, 9.17) is 9.82 Å². The van der Waals surface area contributed by atoms with Crippen molar-refractivity contribution in [2.75, 3.05) is 5.32 Å². The van der Waals surface area contributed by atoms with Crippen molar-refractivity contribution in [2.24, 2.45) is 11.1 Å². The number of fused-ring (bicyclic) bond motifs is 1. The zero-order valence-corrected chi connectivity index (χ0v) is 20.2. The molecule has 4 aliphatic rings. The fraction of sp³-hybridized carbons (Fsp3) is 0.692. The van der Waals surface area contributed by atoms with Crippen LogP contribution in [0.3, 0.4) is 0 Å². The molecule has 2 aromatic heterocycles. The van der Waals surface area contributed by atoms with Crippen LogP contribution in [-0.4, -0.2) is 44.1 Å². The summed E-state index contributed by atoms with van der Waals surface area (Å²) in [5.41, 5.74) is 3.75. The Bertz CT molecular complexity index is 1090. The van der Waals surface area contributed by atoms with E-state index in [-0.39, 0.29) is 17.4 Å². The van der Waals surface area contributed by atoms with Gasteiger partial charge in [0.25, 0.3) is 0 Å². The van der Waals surface area contributed by atoms with Gasteiger partial charge in [0, 0.05) is 42.7 Å². The van der Waals surface area contributed by atoms with Crippen molar-refractivity contribution >= 4 is 28.3 Å². The number of rotatable bonds is 6. The van der Waals surface area contributed by atoms with E-state index in [1.54, 1.807) is 0 Å². The summed E-state index contributed by atoms with van der Waals surface area (Å²) in [6.45, 7) is 2.89. The molecule has 0 bridgehead atoms. The van der Waals surface area contributed by atoms with Gasteiger partial charge in [-0.2, -0.15) is 5.10 Å². The third-order valence-electron chi connectivity index (χ3n) is 8.26. The van der Waals surface area contributed by atoms with Gasteiger partial charge >= 0.3 is 0 Å². The maximum Gasteiger partial charge on any atom is 0.223 e. The molecule has 3 heterocycles. The number of nitrogens with zero attached hydrogens (tertiary/aromatic N) is 4. The SMILES string of the molecule is CCn1ncc2c(NC3CCCCC3)c(C3=NOC4(CCC(C(=O)NC5CC5)CC4)C3)cnc21. The highest BCUT2D eigenvalue weighted by atomic mass is 16.7. The van der Waals surface area contributed by atoms with E-state index in [0.29, 0.717) is 12.1 Å². The Kier molecular flexibility index (Phi) is 5.70. The van der Waals surface area contributed by atoms with Crippen LogP contribution >= 0.6 is 0 Å². The topological polar surface area (TPSA) is 93.4 Å². The van der Waals surface area contributed by atoms with Gasteiger partial charge in [-0.15, -0.1) is 0 Å². The number of oxime groups is 1. The number of anilines is 1. The van der Waals surface area contributed by atoms with Crippen LogP contribution in [0.2, 0.25) is 0 Å². The monoisotopic (exact) mass is 464 g/mol. The van der Waals surface area contributed by atoms with Crippen LogP contribution < -0.4 is 10.6 Å². The third kappa shape index (κ3) is 4.16. The lowest BCUT2D eigenvalue weighted by Gasteiger charge is -2.34. The van der Waals surface area contributed by atoms with Crippen molar-refractivity contribution in [3.05, 3.63) is 18.0 Å². The first-order valence-electron chi connectivity index (χ1n) is 13.3. The van der Waals surface area contributed by atoms with Crippen LogP contribution in [0.25, 0.3) is 11.0 Å². The van der Waals surface area contributed by atoms with Gasteiger partial charge in [0.2, 0.25) is 5.91 Å². The minimum atomic E-state index is -0.281. The number of pyridine rings is 1. The molecule has 8 nitrogen and oxygen atoms in total. The molecule has 1 amide bonds. The van der Waals surface area contributed by atoms with Crippen molar-refractivity contribution in [2.45, 2.75) is 108 Å². The highest BCUT2D eigenvalue weighted by Gasteiger charge is 2.45. The van der Waals surface area contributed by atoms with Crippen LogP contribution in [0.1, 0.15) is 89.5 Å². The molecule has 0 saturated heterocycles. The lowest BCUT2D eigenvalue weighted by Crippen LogP contribution is -2.40. The molecule has 1 aliphatic heterocycles. The first kappa shape index (κ1) is 21.9. The molecule has 2 N–H and O–H groups in total. The molecule has 8 heteroatoms. The Morgan fingerprint density at radius 3 is 2.62 bits per heavy atom. The van der Waals surface area contributed by atoms with Gasteiger partial charge < -0.3 is 15.5 Å². The molecule has 0 atom stereocenters. The third-order valence-corrected chi connectivity index (χ3v) is 8.26. The smallest absolute Gasteiger partial charge is 0.223 e. The number of nitrogens with one attached hydrogen (secondary N) is 2. The highest BCUT2D eigenvalue weighted by Crippen LogP contribution is 2.43. The quantitative estimate of drug-likeness (QED) is 0.655. The average molecular weight is 465 g/mol. The maximum absolute atomic E-state index is 12.5. The second kappa shape index (κ2) is 8.86. The number of hydrogen-bond donors (Lipinski definition) is 2. The van der Waals surface area contributed by atoms with Crippen LogP contribution in [0.4, 0.5) is 5.69 Å². The number of amides is 1. The summed E-state index contributed by atoms with van der Waals surface area (Å²) in [6, 6.07) is 0.899. The molecule has 182 valence electrons. The van der Waals surface area contributed by atoms with Gasteiger partial charge in [-0.1, -0.05) is 24.4 Å². The van der Waals surface area contributed by atoms with E-state index < -0.39 is 0 Å². The summed E-state index contributed by atoms with van der Waals surface area (Å²) >= 11 is 0. The zero-order valence-electron chi connectivity index (χ0n) is 20.2. The van der Waals surface area contributed by atoms with E-state index in [1.165, 1.54) is 32.1 Å². The largest absolute Gasteiger partial charge is 0.389 e. The number of hydrogen-bond acceptors (Lipinski definition) is 6. The van der Waals surface area contributed by atoms with Crippen LogP contribution in [0.15, 0.2) is 17.5 Å². The van der Waals surface area contributed by atoms with E-state index in [0.717, 1.165) is 79.5 Å².